The highest BCUT2D eigenvalue weighted by molar-refractivity contribution is 6.66. The lowest BCUT2D eigenvalue weighted by Gasteiger charge is -2.29. The Hall–Kier alpha value is -0.366. The standard InChI is InChI=1S/C14H30O4Si.C12H26O3Si/c1-6-9-16-19(17-10-7-2,18-11-8-3)13-15-12-14(4)5;1-6-8-14-16(5,15-9-7-2)11-13-10-12(3)4/h4,6-13H2,1-3,5H3;3,6-11H2,1-2,4-5H3. The minimum absolute atomic E-state index is 0.403. The molecule has 0 heterocycles. The van der Waals surface area contributed by atoms with E-state index in [2.05, 4.69) is 54.3 Å². The zero-order chi connectivity index (χ0) is 27.0. The van der Waals surface area contributed by atoms with Crippen LogP contribution in [0.5, 0.6) is 0 Å². The predicted molar refractivity (Wildman–Crippen MR) is 150 cm³/mol. The van der Waals surface area contributed by atoms with E-state index in [1.165, 1.54) is 0 Å². The second kappa shape index (κ2) is 24.0. The first kappa shape index (κ1) is 36.8. The summed E-state index contributed by atoms with van der Waals surface area (Å²) in [5.74, 6) is 0. The van der Waals surface area contributed by atoms with Gasteiger partial charge in [-0.25, -0.2) is 0 Å². The molecule has 0 aliphatic rings. The van der Waals surface area contributed by atoms with Crippen LogP contribution in [0, 0.1) is 0 Å². The molecule has 0 aromatic rings. The van der Waals surface area contributed by atoms with E-state index in [-0.39, 0.29) is 0 Å². The molecule has 0 N–H and O–H groups in total. The van der Waals surface area contributed by atoms with Crippen LogP contribution < -0.4 is 0 Å². The first-order chi connectivity index (χ1) is 16.6. The van der Waals surface area contributed by atoms with Crippen molar-refractivity contribution in [3.05, 3.63) is 24.3 Å². The summed E-state index contributed by atoms with van der Waals surface area (Å²) in [6.45, 7) is 28.6. The average molecular weight is 537 g/mol. The molecule has 9 heteroatoms. The topological polar surface area (TPSA) is 64.6 Å². The molecule has 210 valence electrons. The van der Waals surface area contributed by atoms with E-state index >= 15 is 0 Å². The van der Waals surface area contributed by atoms with Crippen molar-refractivity contribution in [2.24, 2.45) is 0 Å². The van der Waals surface area contributed by atoms with Gasteiger partial charge < -0.3 is 31.6 Å². The molecule has 0 unspecified atom stereocenters. The fourth-order valence-electron chi connectivity index (χ4n) is 2.54. The second-order valence-corrected chi connectivity index (χ2v) is 14.6. The smallest absolute Gasteiger partial charge is 0.393 e. The highest BCUT2D eigenvalue weighted by atomic mass is 28.4. The highest BCUT2D eigenvalue weighted by Gasteiger charge is 2.41. The number of hydrogen-bond donors (Lipinski definition) is 0. The molecule has 0 fully saturated rings. The van der Waals surface area contributed by atoms with Gasteiger partial charge in [0.25, 0.3) is 0 Å². The first-order valence-electron chi connectivity index (χ1n) is 13.3. The monoisotopic (exact) mass is 536 g/mol. The maximum atomic E-state index is 5.90. The molecule has 0 saturated carbocycles. The van der Waals surface area contributed by atoms with E-state index < -0.39 is 17.4 Å². The Morgan fingerprint density at radius 2 is 0.857 bits per heavy atom. The maximum Gasteiger partial charge on any atom is 0.528 e. The second-order valence-electron chi connectivity index (χ2n) is 8.96. The molecule has 0 rings (SSSR count). The molecular formula is C26H56O7Si2. The number of hydrogen-bond acceptors (Lipinski definition) is 7. The Balaban J connectivity index is 0. The fraction of sp³-hybridized carbons (Fsp3) is 0.846. The fourth-order valence-corrected chi connectivity index (χ4v) is 6.94. The zero-order valence-electron chi connectivity index (χ0n) is 24.2. The Kier molecular flexibility index (Phi) is 25.2. The Labute approximate surface area is 219 Å². The van der Waals surface area contributed by atoms with Crippen LogP contribution in [0.2, 0.25) is 6.55 Å². The van der Waals surface area contributed by atoms with Gasteiger partial charge >= 0.3 is 17.4 Å². The molecule has 0 bridgehead atoms. The SMILES string of the molecule is C=C(C)COC[Si](C)(OCCC)OCCC.C=C(C)COC[Si](OCCC)(OCCC)OCCC. The Morgan fingerprint density at radius 3 is 1.17 bits per heavy atom. The zero-order valence-corrected chi connectivity index (χ0v) is 26.2. The summed E-state index contributed by atoms with van der Waals surface area (Å²) in [5.41, 5.74) is 2.02. The summed E-state index contributed by atoms with van der Waals surface area (Å²) in [4.78, 5) is 0. The largest absolute Gasteiger partial charge is 0.528 e. The van der Waals surface area contributed by atoms with Crippen molar-refractivity contribution < 1.29 is 31.6 Å². The van der Waals surface area contributed by atoms with Crippen LogP contribution in [0.25, 0.3) is 0 Å². The van der Waals surface area contributed by atoms with Crippen molar-refractivity contribution in [3.63, 3.8) is 0 Å². The lowest BCUT2D eigenvalue weighted by molar-refractivity contribution is 0.0257. The summed E-state index contributed by atoms with van der Waals surface area (Å²) >= 11 is 0. The molecular weight excluding hydrogens is 480 g/mol. The lowest BCUT2D eigenvalue weighted by atomic mass is 10.4. The van der Waals surface area contributed by atoms with Crippen LogP contribution in [0.4, 0.5) is 0 Å². The van der Waals surface area contributed by atoms with Crippen molar-refractivity contribution in [3.8, 4) is 0 Å². The minimum Gasteiger partial charge on any atom is -0.393 e. The molecule has 0 aromatic carbocycles. The van der Waals surface area contributed by atoms with Crippen LogP contribution in [-0.2, 0) is 31.6 Å². The van der Waals surface area contributed by atoms with Crippen molar-refractivity contribution in [2.45, 2.75) is 87.1 Å². The van der Waals surface area contributed by atoms with Gasteiger partial charge in [0.1, 0.15) is 6.23 Å². The van der Waals surface area contributed by atoms with Gasteiger partial charge in [0.2, 0.25) is 0 Å². The van der Waals surface area contributed by atoms with Gasteiger partial charge in [0, 0.05) is 33.0 Å². The van der Waals surface area contributed by atoms with Gasteiger partial charge in [-0.2, -0.15) is 0 Å². The molecule has 0 aliphatic carbocycles. The summed E-state index contributed by atoms with van der Waals surface area (Å²) < 4.78 is 40.6. The number of ether oxygens (including phenoxy) is 2. The van der Waals surface area contributed by atoms with Gasteiger partial charge in [0.15, 0.2) is 0 Å². The van der Waals surface area contributed by atoms with Crippen molar-refractivity contribution in [1.82, 2.24) is 0 Å². The minimum atomic E-state index is -2.69. The van der Waals surface area contributed by atoms with Crippen LogP contribution in [0.15, 0.2) is 24.3 Å². The molecule has 0 aromatic heterocycles. The molecule has 0 radical (unpaired) electrons. The van der Waals surface area contributed by atoms with Gasteiger partial charge in [-0.05, 0) is 52.5 Å². The van der Waals surface area contributed by atoms with E-state index in [0.29, 0.717) is 45.5 Å². The van der Waals surface area contributed by atoms with Crippen molar-refractivity contribution in [2.75, 3.05) is 58.7 Å². The average Bonchev–Trinajstić information content (AvgIpc) is 2.82. The molecule has 0 spiro atoms. The third-order valence-corrected chi connectivity index (χ3v) is 8.99. The van der Waals surface area contributed by atoms with Crippen LogP contribution in [-0.4, -0.2) is 76.1 Å². The van der Waals surface area contributed by atoms with E-state index in [1.54, 1.807) is 0 Å². The van der Waals surface area contributed by atoms with Crippen LogP contribution in [0.1, 0.15) is 80.6 Å². The van der Waals surface area contributed by atoms with Gasteiger partial charge in [-0.15, -0.1) is 0 Å². The van der Waals surface area contributed by atoms with E-state index in [4.69, 9.17) is 31.6 Å². The summed E-state index contributed by atoms with van der Waals surface area (Å²) in [7, 11) is -4.81. The molecule has 0 atom stereocenters. The van der Waals surface area contributed by atoms with E-state index in [9.17, 15) is 0 Å². The Bertz CT molecular complexity index is 488. The number of rotatable bonds is 23. The Morgan fingerprint density at radius 1 is 0.543 bits per heavy atom. The first-order valence-corrected chi connectivity index (χ1v) is 17.7. The summed E-state index contributed by atoms with van der Waals surface area (Å²) in [6.07, 6.45) is 5.84. The van der Waals surface area contributed by atoms with Crippen molar-refractivity contribution >= 4 is 17.4 Å². The summed E-state index contributed by atoms with van der Waals surface area (Å²) in [5, 5.41) is 0. The molecule has 0 aliphatic heterocycles. The molecule has 35 heavy (non-hydrogen) atoms. The third-order valence-electron chi connectivity index (χ3n) is 4.14. The third kappa shape index (κ3) is 22.5. The quantitative estimate of drug-likeness (QED) is 0.111. The van der Waals surface area contributed by atoms with Gasteiger partial charge in [-0.3, -0.25) is 0 Å². The highest BCUT2D eigenvalue weighted by Crippen LogP contribution is 2.13. The maximum absolute atomic E-state index is 5.90. The van der Waals surface area contributed by atoms with Crippen LogP contribution >= 0.6 is 0 Å². The predicted octanol–water partition coefficient (Wildman–Crippen LogP) is 6.38. The van der Waals surface area contributed by atoms with E-state index in [1.807, 2.05) is 13.8 Å². The van der Waals surface area contributed by atoms with Gasteiger partial charge in [-0.1, -0.05) is 58.9 Å². The van der Waals surface area contributed by atoms with Crippen molar-refractivity contribution in [1.29, 1.82) is 0 Å². The van der Waals surface area contributed by atoms with E-state index in [0.717, 1.165) is 56.5 Å². The lowest BCUT2D eigenvalue weighted by Crippen LogP contribution is -2.51. The van der Waals surface area contributed by atoms with Crippen LogP contribution in [0.3, 0.4) is 0 Å². The van der Waals surface area contributed by atoms with Gasteiger partial charge in [0.05, 0.1) is 19.4 Å². The molecule has 0 amide bonds. The summed E-state index contributed by atoms with van der Waals surface area (Å²) in [6, 6.07) is 0. The molecule has 7 nitrogen and oxygen atoms in total. The normalized spacial score (nSPS) is 11.8. The molecule has 0 saturated heterocycles.